The third-order valence-corrected chi connectivity index (χ3v) is 10.8. The summed E-state index contributed by atoms with van der Waals surface area (Å²) in [6.45, 7) is 20.8. The summed E-state index contributed by atoms with van der Waals surface area (Å²) in [5.41, 5.74) is 4.20. The van der Waals surface area contributed by atoms with Gasteiger partial charge in [0.15, 0.2) is 8.32 Å². The minimum absolute atomic E-state index is 0.223. The highest BCUT2D eigenvalue weighted by molar-refractivity contribution is 6.74. The fourth-order valence-electron chi connectivity index (χ4n) is 3.21. The van der Waals surface area contributed by atoms with Crippen LogP contribution >= 0.6 is 0 Å². The Kier molecular flexibility index (Phi) is 7.11. The smallest absolute Gasteiger partial charge is 0.192 e. The van der Waals surface area contributed by atoms with Gasteiger partial charge in [-0.15, -0.1) is 0 Å². The Morgan fingerprint density at radius 3 is 2.42 bits per heavy atom. The van der Waals surface area contributed by atoms with Crippen molar-refractivity contribution < 1.29 is 9.53 Å². The van der Waals surface area contributed by atoms with Crippen LogP contribution in [0.15, 0.2) is 22.8 Å². The molecule has 1 aliphatic rings. The fraction of sp³-hybridized carbons (Fsp3) is 0.810. The van der Waals surface area contributed by atoms with Crippen molar-refractivity contribution in [1.29, 1.82) is 0 Å². The first-order chi connectivity index (χ1) is 10.8. The summed E-state index contributed by atoms with van der Waals surface area (Å²) in [7, 11) is -1.72. The molecule has 0 aromatic carbocycles. The molecule has 0 aromatic rings. The Hall–Kier alpha value is -0.383. The summed E-state index contributed by atoms with van der Waals surface area (Å²) in [6.07, 6.45) is 6.13. The number of allylic oxidation sites excluding steroid dienone is 1. The van der Waals surface area contributed by atoms with Gasteiger partial charge in [0.05, 0.1) is 12.7 Å². The summed E-state index contributed by atoms with van der Waals surface area (Å²) in [5, 5.41) is 10.9. The van der Waals surface area contributed by atoms with Crippen LogP contribution in [0.1, 0.15) is 74.1 Å². The molecular weight excluding hydrogens is 312 g/mol. The molecule has 0 aliphatic heterocycles. The van der Waals surface area contributed by atoms with Crippen LogP contribution < -0.4 is 0 Å². The number of aliphatic hydroxyl groups is 1. The molecule has 1 N–H and O–H groups in total. The minimum Gasteiger partial charge on any atom is -0.413 e. The van der Waals surface area contributed by atoms with Crippen molar-refractivity contribution in [2.45, 2.75) is 98.4 Å². The zero-order chi connectivity index (χ0) is 18.8. The van der Waals surface area contributed by atoms with Crippen LogP contribution in [0.25, 0.3) is 0 Å². The first-order valence-electron chi connectivity index (χ1n) is 9.46. The van der Waals surface area contributed by atoms with Crippen molar-refractivity contribution in [1.82, 2.24) is 0 Å². The van der Waals surface area contributed by atoms with Crippen molar-refractivity contribution in [2.24, 2.45) is 5.41 Å². The Labute approximate surface area is 151 Å². The van der Waals surface area contributed by atoms with E-state index in [-0.39, 0.29) is 10.5 Å². The van der Waals surface area contributed by atoms with Crippen LogP contribution in [-0.4, -0.2) is 26.1 Å². The number of hydrogen-bond donors (Lipinski definition) is 1. The Morgan fingerprint density at radius 2 is 1.92 bits per heavy atom. The van der Waals surface area contributed by atoms with E-state index in [1.165, 1.54) is 30.4 Å². The molecule has 0 spiro atoms. The van der Waals surface area contributed by atoms with Gasteiger partial charge in [-0.2, -0.15) is 0 Å². The molecule has 140 valence electrons. The van der Waals surface area contributed by atoms with Gasteiger partial charge in [-0.1, -0.05) is 51.8 Å². The molecule has 1 rings (SSSR count). The number of hydrogen-bond acceptors (Lipinski definition) is 2. The van der Waals surface area contributed by atoms with Crippen LogP contribution in [-0.2, 0) is 4.43 Å². The first kappa shape index (κ1) is 21.7. The van der Waals surface area contributed by atoms with Gasteiger partial charge < -0.3 is 9.53 Å². The molecule has 2 nitrogen and oxygen atoms in total. The average molecular weight is 353 g/mol. The third kappa shape index (κ3) is 5.57. The van der Waals surface area contributed by atoms with Gasteiger partial charge in [-0.3, -0.25) is 0 Å². The first-order valence-corrected chi connectivity index (χ1v) is 12.4. The van der Waals surface area contributed by atoms with E-state index in [1.807, 2.05) is 6.92 Å². The van der Waals surface area contributed by atoms with Gasteiger partial charge in [-0.25, -0.2) is 0 Å². The van der Waals surface area contributed by atoms with Crippen LogP contribution in [0.5, 0.6) is 0 Å². The summed E-state index contributed by atoms with van der Waals surface area (Å²) in [4.78, 5) is 0. The van der Waals surface area contributed by atoms with E-state index in [4.69, 9.17) is 4.43 Å². The van der Waals surface area contributed by atoms with Gasteiger partial charge >= 0.3 is 0 Å². The second kappa shape index (κ2) is 7.88. The molecule has 1 aliphatic carbocycles. The number of rotatable bonds is 6. The lowest BCUT2D eigenvalue weighted by molar-refractivity contribution is 0.195. The van der Waals surface area contributed by atoms with Crippen LogP contribution in [0.3, 0.4) is 0 Å². The third-order valence-electron chi connectivity index (χ3n) is 6.26. The highest BCUT2D eigenvalue weighted by Crippen LogP contribution is 2.42. The number of aliphatic hydroxyl groups excluding tert-OH is 1. The van der Waals surface area contributed by atoms with Crippen molar-refractivity contribution in [3.63, 3.8) is 0 Å². The summed E-state index contributed by atoms with van der Waals surface area (Å²) >= 11 is 0. The molecule has 0 unspecified atom stereocenters. The molecule has 0 saturated heterocycles. The molecule has 0 fully saturated rings. The minimum atomic E-state index is -1.72. The highest BCUT2D eigenvalue weighted by Gasteiger charge is 2.36. The fourth-order valence-corrected chi connectivity index (χ4v) is 4.15. The molecule has 0 saturated carbocycles. The topological polar surface area (TPSA) is 29.5 Å². The zero-order valence-electron chi connectivity index (χ0n) is 17.5. The van der Waals surface area contributed by atoms with Crippen LogP contribution in [0.4, 0.5) is 0 Å². The molecule has 0 aromatic heterocycles. The molecule has 0 bridgehead atoms. The van der Waals surface area contributed by atoms with Gasteiger partial charge in [0.2, 0.25) is 0 Å². The molecular formula is C21H40O2Si. The lowest BCUT2D eigenvalue weighted by atomic mass is 9.70. The van der Waals surface area contributed by atoms with E-state index in [2.05, 4.69) is 60.7 Å². The van der Waals surface area contributed by atoms with E-state index in [0.29, 0.717) is 6.61 Å². The quantitative estimate of drug-likeness (QED) is 0.453. The second-order valence-corrected chi connectivity index (χ2v) is 14.5. The lowest BCUT2D eigenvalue weighted by Gasteiger charge is -2.36. The van der Waals surface area contributed by atoms with Crippen molar-refractivity contribution in [3.8, 4) is 0 Å². The summed E-state index contributed by atoms with van der Waals surface area (Å²) in [6, 6.07) is 0. The molecule has 0 heterocycles. The van der Waals surface area contributed by atoms with E-state index >= 15 is 0 Å². The Balaban J connectivity index is 2.69. The zero-order valence-corrected chi connectivity index (χ0v) is 18.5. The molecule has 0 amide bonds. The van der Waals surface area contributed by atoms with Crippen LogP contribution in [0, 0.1) is 5.41 Å². The van der Waals surface area contributed by atoms with Gasteiger partial charge in [0.25, 0.3) is 0 Å². The van der Waals surface area contributed by atoms with Crippen molar-refractivity contribution >= 4 is 8.32 Å². The van der Waals surface area contributed by atoms with Gasteiger partial charge in [0, 0.05) is 0 Å². The average Bonchev–Trinajstić information content (AvgIpc) is 2.40. The van der Waals surface area contributed by atoms with Crippen LogP contribution in [0.2, 0.25) is 18.1 Å². The lowest BCUT2D eigenvalue weighted by Crippen LogP contribution is -2.40. The maximum Gasteiger partial charge on any atom is 0.192 e. The van der Waals surface area contributed by atoms with Crippen molar-refractivity contribution in [3.05, 3.63) is 22.8 Å². The largest absolute Gasteiger partial charge is 0.413 e. The summed E-state index contributed by atoms with van der Waals surface area (Å²) < 4.78 is 6.21. The maximum absolute atomic E-state index is 10.7. The monoisotopic (exact) mass is 352 g/mol. The summed E-state index contributed by atoms with van der Waals surface area (Å²) in [5.74, 6) is 0. The Morgan fingerprint density at radius 1 is 1.33 bits per heavy atom. The van der Waals surface area contributed by atoms with Gasteiger partial charge in [0.1, 0.15) is 0 Å². The second-order valence-electron chi connectivity index (χ2n) is 9.74. The molecule has 1 atom stereocenters. The normalized spacial score (nSPS) is 21.2. The van der Waals surface area contributed by atoms with E-state index in [0.717, 1.165) is 12.0 Å². The molecule has 24 heavy (non-hydrogen) atoms. The predicted molar refractivity (Wildman–Crippen MR) is 108 cm³/mol. The standard InChI is InChI=1S/C21H40O2Si/c1-16-11-10-13-21(6,7)18(16)15-19(22)17(2)12-14-23-24(8,9)20(3,4)5/h12,19,22H,10-11,13-15H2,1-9H3/b17-12-/t19-/m1/s1. The predicted octanol–water partition coefficient (Wildman–Crippen LogP) is 6.23. The van der Waals surface area contributed by atoms with E-state index in [1.54, 1.807) is 0 Å². The van der Waals surface area contributed by atoms with Crippen molar-refractivity contribution in [2.75, 3.05) is 6.61 Å². The van der Waals surface area contributed by atoms with E-state index in [9.17, 15) is 5.11 Å². The molecule has 0 radical (unpaired) electrons. The van der Waals surface area contributed by atoms with E-state index < -0.39 is 14.4 Å². The Bertz CT molecular complexity index is 492. The highest BCUT2D eigenvalue weighted by atomic mass is 28.4. The SMILES string of the molecule is CC1=C(C[C@@H](O)/C(C)=C\CO[Si](C)(C)C(C)(C)C)C(C)(C)CCC1. The van der Waals surface area contributed by atoms with Gasteiger partial charge in [-0.05, 0) is 68.7 Å². The molecule has 3 heteroatoms. The maximum atomic E-state index is 10.7.